The van der Waals surface area contributed by atoms with Crippen LogP contribution >= 0.6 is 0 Å². The van der Waals surface area contributed by atoms with Gasteiger partial charge in [-0.05, 0) is 79.7 Å². The predicted molar refractivity (Wildman–Crippen MR) is 121 cm³/mol. The van der Waals surface area contributed by atoms with Gasteiger partial charge in [0.1, 0.15) is 5.75 Å². The van der Waals surface area contributed by atoms with E-state index in [1.807, 2.05) is 0 Å². The maximum Gasteiger partial charge on any atom is 0.573 e. The van der Waals surface area contributed by atoms with Crippen LogP contribution in [0.4, 0.5) is 13.2 Å². The number of alkyl halides is 3. The lowest BCUT2D eigenvalue weighted by molar-refractivity contribution is -0.276. The smallest absolute Gasteiger partial charge is 0.459 e. The molecule has 0 heterocycles. The molecular weight excluding hydrogens is 461 g/mol. The molecule has 5 nitrogen and oxygen atoms in total. The molecule has 0 aliphatic heterocycles. The molecule has 0 aromatic heterocycles. The number of fused-ring (bicyclic) bond motifs is 5. The van der Waals surface area contributed by atoms with Gasteiger partial charge in [-0.1, -0.05) is 24.6 Å². The number of para-hydroxylation sites is 1. The molecule has 3 aliphatic carbocycles. The van der Waals surface area contributed by atoms with Crippen LogP contribution < -0.4 is 14.2 Å². The van der Waals surface area contributed by atoms with Crippen LogP contribution in [0, 0.1) is 23.7 Å². The largest absolute Gasteiger partial charge is 0.573 e. The van der Waals surface area contributed by atoms with Gasteiger partial charge in [0.2, 0.25) is 5.79 Å². The number of hydrogen-bond donors (Lipinski definition) is 0. The lowest BCUT2D eigenvalue weighted by atomic mass is 9.80. The van der Waals surface area contributed by atoms with Gasteiger partial charge in [-0.2, -0.15) is 0 Å². The van der Waals surface area contributed by atoms with Crippen LogP contribution in [-0.4, -0.2) is 24.2 Å². The summed E-state index contributed by atoms with van der Waals surface area (Å²) < 4.78 is 61.0. The molecule has 0 spiro atoms. The number of rotatable bonds is 7. The fraction of sp³-hybridized carbons (Fsp3) is 0.519. The molecule has 5 atom stereocenters. The summed E-state index contributed by atoms with van der Waals surface area (Å²) in [6.45, 7) is 3.36. The minimum Gasteiger partial charge on any atom is -0.459 e. The van der Waals surface area contributed by atoms with Gasteiger partial charge in [0.25, 0.3) is 0 Å². The number of halogens is 3. The van der Waals surface area contributed by atoms with E-state index in [2.05, 4.69) is 4.74 Å². The number of hydrogen-bond acceptors (Lipinski definition) is 5. The topological polar surface area (TPSA) is 54.0 Å². The maximum absolute atomic E-state index is 13.1. The van der Waals surface area contributed by atoms with Crippen molar-refractivity contribution in [2.45, 2.75) is 64.2 Å². The minimum absolute atomic E-state index is 0.00700. The highest BCUT2D eigenvalue weighted by atomic mass is 19.4. The van der Waals surface area contributed by atoms with Crippen molar-refractivity contribution in [3.8, 4) is 17.2 Å². The first-order valence-corrected chi connectivity index (χ1v) is 12.1. The van der Waals surface area contributed by atoms with Gasteiger partial charge in [-0.3, -0.25) is 0 Å². The summed E-state index contributed by atoms with van der Waals surface area (Å²) in [5.74, 6) is 0.180. The van der Waals surface area contributed by atoms with Gasteiger partial charge in [0, 0.05) is 13.8 Å². The highest BCUT2D eigenvalue weighted by Crippen LogP contribution is 2.60. The fourth-order valence-electron chi connectivity index (χ4n) is 6.37. The second-order valence-electron chi connectivity index (χ2n) is 10.2. The number of carbonyl (C=O) groups is 1. The average molecular weight is 491 g/mol. The van der Waals surface area contributed by atoms with E-state index in [9.17, 15) is 18.0 Å². The molecule has 35 heavy (non-hydrogen) atoms. The zero-order valence-electron chi connectivity index (χ0n) is 19.7. The lowest BCUT2D eigenvalue weighted by Gasteiger charge is -2.37. The van der Waals surface area contributed by atoms with E-state index in [-0.39, 0.29) is 17.4 Å². The van der Waals surface area contributed by atoms with Crippen LogP contribution in [0.2, 0.25) is 0 Å². The lowest BCUT2D eigenvalue weighted by Crippen LogP contribution is -2.41. The van der Waals surface area contributed by atoms with Crippen LogP contribution in [0.3, 0.4) is 0 Å². The van der Waals surface area contributed by atoms with Gasteiger partial charge < -0.3 is 18.9 Å². The SMILES string of the molecule is CC(C)(Oc1cc(C(=O)Oc2ccccc2)ccc1OC(F)(F)F)OC1CC2CC1C1CCCC21. The predicted octanol–water partition coefficient (Wildman–Crippen LogP) is 6.76. The molecule has 5 unspecified atom stereocenters. The van der Waals surface area contributed by atoms with Crippen LogP contribution in [0.5, 0.6) is 17.2 Å². The average Bonchev–Trinajstić information content (AvgIpc) is 3.48. The molecule has 2 aromatic rings. The van der Waals surface area contributed by atoms with Crippen molar-refractivity contribution >= 4 is 5.97 Å². The van der Waals surface area contributed by atoms with E-state index < -0.39 is 23.9 Å². The molecule has 0 radical (unpaired) electrons. The van der Waals surface area contributed by atoms with Crippen molar-refractivity contribution in [1.82, 2.24) is 0 Å². The van der Waals surface area contributed by atoms with E-state index in [1.54, 1.807) is 44.2 Å². The first-order valence-electron chi connectivity index (χ1n) is 12.1. The Morgan fingerprint density at radius 1 is 0.886 bits per heavy atom. The zero-order valence-corrected chi connectivity index (χ0v) is 19.7. The quantitative estimate of drug-likeness (QED) is 0.244. The number of carbonyl (C=O) groups excluding carboxylic acids is 1. The summed E-state index contributed by atoms with van der Waals surface area (Å²) in [7, 11) is 0. The molecule has 3 fully saturated rings. The zero-order chi connectivity index (χ0) is 24.8. The Balaban J connectivity index is 1.34. The van der Waals surface area contributed by atoms with Gasteiger partial charge in [-0.25, -0.2) is 4.79 Å². The standard InChI is InChI=1S/C27H29F3O5/c1-26(2,33-23-15-17-13-21(23)20-10-6-9-19(17)20)34-24-14-16(11-12-22(24)35-27(28,29)30)25(31)32-18-7-4-3-5-8-18/h3-5,7-8,11-12,14,17,19-21,23H,6,9-10,13,15H2,1-2H3. The summed E-state index contributed by atoms with van der Waals surface area (Å²) >= 11 is 0. The third-order valence-electron chi connectivity index (χ3n) is 7.52. The fourth-order valence-corrected chi connectivity index (χ4v) is 6.37. The number of benzene rings is 2. The Kier molecular flexibility index (Phi) is 6.20. The molecule has 2 bridgehead atoms. The number of esters is 1. The monoisotopic (exact) mass is 490 g/mol. The molecule has 188 valence electrons. The molecule has 8 heteroatoms. The highest BCUT2D eigenvalue weighted by molar-refractivity contribution is 5.91. The van der Waals surface area contributed by atoms with E-state index in [1.165, 1.54) is 31.4 Å². The van der Waals surface area contributed by atoms with Crippen molar-refractivity contribution in [1.29, 1.82) is 0 Å². The first-order chi connectivity index (χ1) is 16.6. The molecule has 3 saturated carbocycles. The summed E-state index contributed by atoms with van der Waals surface area (Å²) in [5.41, 5.74) is 0.0305. The highest BCUT2D eigenvalue weighted by Gasteiger charge is 2.55. The van der Waals surface area contributed by atoms with Crippen LogP contribution in [0.25, 0.3) is 0 Å². The van der Waals surface area contributed by atoms with Crippen LogP contribution in [0.1, 0.15) is 56.3 Å². The first kappa shape index (κ1) is 24.0. The van der Waals surface area contributed by atoms with E-state index >= 15 is 0 Å². The molecule has 0 saturated heterocycles. The molecule has 5 rings (SSSR count). The Hall–Kier alpha value is -2.74. The van der Waals surface area contributed by atoms with Gasteiger partial charge in [-0.15, -0.1) is 13.2 Å². The van der Waals surface area contributed by atoms with Crippen molar-refractivity contribution in [3.63, 3.8) is 0 Å². The summed E-state index contributed by atoms with van der Waals surface area (Å²) in [4.78, 5) is 12.6. The maximum atomic E-state index is 13.1. The second-order valence-corrected chi connectivity index (χ2v) is 10.2. The summed E-state index contributed by atoms with van der Waals surface area (Å²) in [6, 6.07) is 11.9. The van der Waals surface area contributed by atoms with E-state index in [4.69, 9.17) is 14.2 Å². The van der Waals surface area contributed by atoms with Crippen molar-refractivity contribution in [2.75, 3.05) is 0 Å². The second kappa shape index (κ2) is 9.04. The van der Waals surface area contributed by atoms with Crippen molar-refractivity contribution in [2.24, 2.45) is 23.7 Å². The number of ether oxygens (including phenoxy) is 4. The molecular formula is C27H29F3O5. The van der Waals surface area contributed by atoms with Gasteiger partial charge in [0.15, 0.2) is 11.5 Å². The van der Waals surface area contributed by atoms with Crippen LogP contribution in [-0.2, 0) is 4.74 Å². The molecule has 3 aliphatic rings. The van der Waals surface area contributed by atoms with Crippen molar-refractivity contribution in [3.05, 3.63) is 54.1 Å². The third kappa shape index (κ3) is 5.27. The third-order valence-corrected chi connectivity index (χ3v) is 7.52. The van der Waals surface area contributed by atoms with E-state index in [0.29, 0.717) is 23.5 Å². The molecule has 0 N–H and O–H groups in total. The normalized spacial score (nSPS) is 27.5. The Morgan fingerprint density at radius 3 is 2.37 bits per heavy atom. The minimum atomic E-state index is -4.92. The summed E-state index contributed by atoms with van der Waals surface area (Å²) in [5, 5.41) is 0. The van der Waals surface area contributed by atoms with Crippen LogP contribution in [0.15, 0.2) is 48.5 Å². The van der Waals surface area contributed by atoms with Crippen molar-refractivity contribution < 1.29 is 36.9 Å². The Bertz CT molecular complexity index is 1070. The molecule has 2 aromatic carbocycles. The van der Waals surface area contributed by atoms with Gasteiger partial charge in [0.05, 0.1) is 11.7 Å². The van der Waals surface area contributed by atoms with E-state index in [0.717, 1.165) is 24.8 Å². The Labute approximate surface area is 202 Å². The Morgan fingerprint density at radius 2 is 1.63 bits per heavy atom. The summed E-state index contributed by atoms with van der Waals surface area (Å²) in [6.07, 6.45) is 0.973. The molecule has 0 amide bonds. The van der Waals surface area contributed by atoms with Gasteiger partial charge >= 0.3 is 12.3 Å².